The van der Waals surface area contributed by atoms with Crippen molar-refractivity contribution in [1.82, 2.24) is 5.32 Å². The number of hydrogen-bond donors (Lipinski definition) is 2. The molecule has 5 heteroatoms. The van der Waals surface area contributed by atoms with Crippen molar-refractivity contribution >= 4 is 24.1 Å². The first-order valence-corrected chi connectivity index (χ1v) is 9.74. The second kappa shape index (κ2) is 9.52. The van der Waals surface area contributed by atoms with Crippen molar-refractivity contribution in [3.05, 3.63) is 35.4 Å². The number of carbonyl (C=O) groups is 2. The molecule has 2 unspecified atom stereocenters. The van der Waals surface area contributed by atoms with E-state index >= 15 is 0 Å². The molecule has 2 bridgehead atoms. The minimum absolute atomic E-state index is 0. The van der Waals surface area contributed by atoms with Crippen LogP contribution in [0.25, 0.3) is 0 Å². The lowest BCUT2D eigenvalue weighted by Crippen LogP contribution is -2.53. The molecule has 0 spiro atoms. The summed E-state index contributed by atoms with van der Waals surface area (Å²) in [5, 5.41) is 3.22. The Morgan fingerprint density at radius 2 is 1.69 bits per heavy atom. The summed E-state index contributed by atoms with van der Waals surface area (Å²) in [6.45, 7) is 2.09. The highest BCUT2D eigenvalue weighted by atomic mass is 35.5. The molecule has 1 aromatic carbocycles. The fourth-order valence-corrected chi connectivity index (χ4v) is 4.58. The predicted octanol–water partition coefficient (Wildman–Crippen LogP) is 3.66. The molecule has 2 fully saturated rings. The van der Waals surface area contributed by atoms with Crippen LogP contribution in [0.5, 0.6) is 0 Å². The summed E-state index contributed by atoms with van der Waals surface area (Å²) in [6, 6.07) is 8.26. The van der Waals surface area contributed by atoms with E-state index in [2.05, 4.69) is 12.2 Å². The maximum Gasteiger partial charge on any atom is 0.220 e. The number of carbonyl (C=O) groups excluding carboxylic acids is 2. The zero-order valence-electron chi connectivity index (χ0n) is 15.6. The van der Waals surface area contributed by atoms with Gasteiger partial charge in [0.05, 0.1) is 0 Å². The average molecular weight is 379 g/mol. The van der Waals surface area contributed by atoms with Crippen LogP contribution in [-0.2, 0) is 11.2 Å². The molecule has 1 aromatic rings. The molecule has 1 amide bonds. The van der Waals surface area contributed by atoms with E-state index in [9.17, 15) is 9.59 Å². The van der Waals surface area contributed by atoms with Crippen LogP contribution in [0.2, 0.25) is 0 Å². The Labute approximate surface area is 162 Å². The third-order valence-corrected chi connectivity index (χ3v) is 5.97. The second-order valence-corrected chi connectivity index (χ2v) is 7.75. The maximum atomic E-state index is 12.4. The van der Waals surface area contributed by atoms with Gasteiger partial charge in [-0.25, -0.2) is 0 Å². The smallest absolute Gasteiger partial charge is 0.220 e. The van der Waals surface area contributed by atoms with E-state index in [1.165, 1.54) is 12.0 Å². The molecular weight excluding hydrogens is 348 g/mol. The minimum Gasteiger partial charge on any atom is -0.353 e. The fraction of sp³-hybridized carbons (Fsp3) is 0.619. The molecular formula is C21H31ClN2O2. The summed E-state index contributed by atoms with van der Waals surface area (Å²) in [5.41, 5.74) is 8.06. The Morgan fingerprint density at radius 3 is 2.27 bits per heavy atom. The zero-order valence-corrected chi connectivity index (χ0v) is 16.4. The van der Waals surface area contributed by atoms with E-state index < -0.39 is 0 Å². The molecule has 0 radical (unpaired) electrons. The van der Waals surface area contributed by atoms with E-state index in [4.69, 9.17) is 5.73 Å². The first-order valence-electron chi connectivity index (χ1n) is 9.74. The lowest BCUT2D eigenvalue weighted by atomic mass is 9.67. The van der Waals surface area contributed by atoms with Gasteiger partial charge in [-0.2, -0.15) is 0 Å². The number of rotatable bonds is 6. The molecule has 0 aromatic heterocycles. The van der Waals surface area contributed by atoms with E-state index in [0.29, 0.717) is 17.4 Å². The Kier molecular flexibility index (Phi) is 7.66. The van der Waals surface area contributed by atoms with Crippen LogP contribution in [0.3, 0.4) is 0 Å². The first kappa shape index (κ1) is 20.9. The summed E-state index contributed by atoms with van der Waals surface area (Å²) in [6.07, 6.45) is 7.13. The van der Waals surface area contributed by atoms with Gasteiger partial charge in [0.15, 0.2) is 5.78 Å². The van der Waals surface area contributed by atoms with Gasteiger partial charge < -0.3 is 11.1 Å². The topological polar surface area (TPSA) is 72.2 Å². The number of ketones is 1. The molecule has 0 saturated heterocycles. The van der Waals surface area contributed by atoms with Crippen molar-refractivity contribution in [2.24, 2.45) is 17.6 Å². The Balaban J connectivity index is 0.00000243. The molecule has 0 heterocycles. The van der Waals surface area contributed by atoms with E-state index in [0.717, 1.165) is 32.1 Å². The highest BCUT2D eigenvalue weighted by Crippen LogP contribution is 2.39. The van der Waals surface area contributed by atoms with Crippen LogP contribution in [0.1, 0.15) is 67.8 Å². The lowest BCUT2D eigenvalue weighted by molar-refractivity contribution is -0.123. The minimum atomic E-state index is 0. The predicted molar refractivity (Wildman–Crippen MR) is 107 cm³/mol. The van der Waals surface area contributed by atoms with Crippen molar-refractivity contribution in [2.75, 3.05) is 0 Å². The number of halogens is 1. The zero-order chi connectivity index (χ0) is 17.8. The fourth-order valence-electron chi connectivity index (χ4n) is 4.58. The van der Waals surface area contributed by atoms with Crippen molar-refractivity contribution in [2.45, 2.75) is 70.4 Å². The molecule has 4 nitrogen and oxygen atoms in total. The molecule has 144 valence electrons. The van der Waals surface area contributed by atoms with E-state index in [-0.39, 0.29) is 49.0 Å². The van der Waals surface area contributed by atoms with Gasteiger partial charge in [0.1, 0.15) is 0 Å². The number of aryl methyl sites for hydroxylation is 1. The van der Waals surface area contributed by atoms with E-state index in [1.54, 1.807) is 0 Å². The van der Waals surface area contributed by atoms with Crippen LogP contribution in [0.4, 0.5) is 0 Å². The highest BCUT2D eigenvalue weighted by molar-refractivity contribution is 5.98. The lowest BCUT2D eigenvalue weighted by Gasteiger charge is -2.45. The summed E-state index contributed by atoms with van der Waals surface area (Å²) in [5.74, 6) is 1.09. The standard InChI is InChI=1S/C21H30N2O2.ClH/c1-2-14-6-8-15(9-7-14)19(24)10-11-20(25)23-21-16-4-3-5-17(21)13-18(22)12-16;/h6-9,16-18,21H,2-5,10-13,22H2,1H3,(H,23,25);1H. The molecule has 0 aliphatic heterocycles. The van der Waals surface area contributed by atoms with Crippen molar-refractivity contribution in [3.63, 3.8) is 0 Å². The number of Topliss-reactive ketones (excluding diaryl/α,β-unsaturated/α-hetero) is 1. The van der Waals surface area contributed by atoms with Gasteiger partial charge >= 0.3 is 0 Å². The van der Waals surface area contributed by atoms with Crippen LogP contribution in [-0.4, -0.2) is 23.8 Å². The Morgan fingerprint density at radius 1 is 1.08 bits per heavy atom. The maximum absolute atomic E-state index is 12.4. The van der Waals surface area contributed by atoms with Gasteiger partial charge in [0, 0.05) is 30.5 Å². The molecule has 2 aliphatic rings. The number of fused-ring (bicyclic) bond motifs is 2. The van der Waals surface area contributed by atoms with Gasteiger partial charge in [-0.1, -0.05) is 37.6 Å². The van der Waals surface area contributed by atoms with Gasteiger partial charge in [-0.3, -0.25) is 9.59 Å². The highest BCUT2D eigenvalue weighted by Gasteiger charge is 2.39. The van der Waals surface area contributed by atoms with Gasteiger partial charge in [0.2, 0.25) is 5.91 Å². The number of nitrogens with one attached hydrogen (secondary N) is 1. The second-order valence-electron chi connectivity index (χ2n) is 7.75. The van der Waals surface area contributed by atoms with Gasteiger partial charge in [0.25, 0.3) is 0 Å². The molecule has 3 rings (SSSR count). The van der Waals surface area contributed by atoms with Crippen molar-refractivity contribution in [1.29, 1.82) is 0 Å². The van der Waals surface area contributed by atoms with Gasteiger partial charge in [-0.15, -0.1) is 12.4 Å². The van der Waals surface area contributed by atoms with Crippen LogP contribution in [0.15, 0.2) is 24.3 Å². The number of amides is 1. The third-order valence-electron chi connectivity index (χ3n) is 5.97. The molecule has 26 heavy (non-hydrogen) atoms. The Bertz CT molecular complexity index is 603. The van der Waals surface area contributed by atoms with Crippen LogP contribution in [0, 0.1) is 11.8 Å². The van der Waals surface area contributed by atoms with Gasteiger partial charge in [-0.05, 0) is 49.5 Å². The summed E-state index contributed by atoms with van der Waals surface area (Å²) < 4.78 is 0. The first-order chi connectivity index (χ1) is 12.1. The van der Waals surface area contributed by atoms with Crippen LogP contribution >= 0.6 is 12.4 Å². The molecule has 2 atom stereocenters. The normalized spacial score (nSPS) is 27.3. The summed E-state index contributed by atoms with van der Waals surface area (Å²) >= 11 is 0. The SMILES string of the molecule is CCc1ccc(C(=O)CCC(=O)NC2C3CCCC2CC(N)C3)cc1.Cl. The summed E-state index contributed by atoms with van der Waals surface area (Å²) in [4.78, 5) is 24.6. The van der Waals surface area contributed by atoms with Crippen molar-refractivity contribution < 1.29 is 9.59 Å². The molecule has 3 N–H and O–H groups in total. The monoisotopic (exact) mass is 378 g/mol. The number of hydrogen-bond acceptors (Lipinski definition) is 3. The number of benzene rings is 1. The quantitative estimate of drug-likeness (QED) is 0.742. The molecule has 2 aliphatic carbocycles. The third kappa shape index (κ3) is 5.08. The summed E-state index contributed by atoms with van der Waals surface area (Å²) in [7, 11) is 0. The van der Waals surface area contributed by atoms with E-state index in [1.807, 2.05) is 24.3 Å². The average Bonchev–Trinajstić information content (AvgIpc) is 2.60. The number of nitrogens with two attached hydrogens (primary N) is 1. The van der Waals surface area contributed by atoms with Crippen LogP contribution < -0.4 is 11.1 Å². The Hall–Kier alpha value is -1.39. The molecule has 2 saturated carbocycles. The largest absolute Gasteiger partial charge is 0.353 e. The van der Waals surface area contributed by atoms with Crippen molar-refractivity contribution in [3.8, 4) is 0 Å².